The maximum Gasteiger partial charge on any atom is 0.262 e. The molecule has 1 amide bonds. The highest BCUT2D eigenvalue weighted by Crippen LogP contribution is 2.21. The van der Waals surface area contributed by atoms with E-state index >= 15 is 0 Å². The Kier molecular flexibility index (Phi) is 4.23. The van der Waals surface area contributed by atoms with E-state index < -0.39 is 0 Å². The Hall–Kier alpha value is -1.52. The van der Waals surface area contributed by atoms with Gasteiger partial charge in [0, 0.05) is 12.2 Å². The molecule has 0 saturated heterocycles. The van der Waals surface area contributed by atoms with E-state index in [-0.39, 0.29) is 5.91 Å². The first-order valence-corrected chi connectivity index (χ1v) is 6.78. The number of anilines is 1. The largest absolute Gasteiger partial charge is 0.399 e. The summed E-state index contributed by atoms with van der Waals surface area (Å²) in [5.41, 5.74) is 7.49. The number of rotatable bonds is 4. The topological polar surface area (TPSA) is 55.1 Å². The van der Waals surface area contributed by atoms with Gasteiger partial charge in [0.15, 0.2) is 0 Å². The molecule has 2 aromatic rings. The number of benzene rings is 1. The van der Waals surface area contributed by atoms with E-state index in [1.54, 1.807) is 11.4 Å². The molecule has 0 aliphatic heterocycles. The van der Waals surface area contributed by atoms with Crippen LogP contribution in [0.25, 0.3) is 0 Å². The lowest BCUT2D eigenvalue weighted by Gasteiger charge is -2.04. The standard InChI is InChI=1S/C13H13ClN2OS/c14-11-6-8-18-12(11)13(17)16-7-5-9-1-3-10(15)4-2-9/h1-4,6,8H,5,7,15H2,(H,16,17). The van der Waals surface area contributed by atoms with Gasteiger partial charge in [-0.05, 0) is 35.6 Å². The fourth-order valence-electron chi connectivity index (χ4n) is 1.54. The van der Waals surface area contributed by atoms with Crippen LogP contribution in [0.5, 0.6) is 0 Å². The van der Waals surface area contributed by atoms with Crippen molar-refractivity contribution < 1.29 is 4.79 Å². The fraction of sp³-hybridized carbons (Fsp3) is 0.154. The maximum atomic E-state index is 11.8. The number of thiophene rings is 1. The van der Waals surface area contributed by atoms with E-state index in [4.69, 9.17) is 17.3 Å². The zero-order valence-corrected chi connectivity index (χ0v) is 11.2. The molecule has 0 fully saturated rings. The van der Waals surface area contributed by atoms with Gasteiger partial charge in [0.05, 0.1) is 5.02 Å². The highest BCUT2D eigenvalue weighted by Gasteiger charge is 2.10. The molecule has 0 bridgehead atoms. The van der Waals surface area contributed by atoms with Crippen LogP contribution < -0.4 is 11.1 Å². The van der Waals surface area contributed by atoms with Gasteiger partial charge in [0.25, 0.3) is 5.91 Å². The van der Waals surface area contributed by atoms with Gasteiger partial charge in [-0.15, -0.1) is 11.3 Å². The van der Waals surface area contributed by atoms with E-state index in [1.807, 2.05) is 24.3 Å². The first-order chi connectivity index (χ1) is 8.66. The van der Waals surface area contributed by atoms with Gasteiger partial charge >= 0.3 is 0 Å². The number of hydrogen-bond donors (Lipinski definition) is 2. The molecule has 3 N–H and O–H groups in total. The minimum absolute atomic E-state index is 0.120. The Balaban J connectivity index is 1.84. The number of halogens is 1. The molecular weight excluding hydrogens is 268 g/mol. The van der Waals surface area contributed by atoms with E-state index in [1.165, 1.54) is 11.3 Å². The van der Waals surface area contributed by atoms with Crippen LogP contribution in [0.15, 0.2) is 35.7 Å². The predicted molar refractivity (Wildman–Crippen MR) is 76.2 cm³/mol. The molecule has 1 aromatic carbocycles. The van der Waals surface area contributed by atoms with Gasteiger partial charge in [-0.25, -0.2) is 0 Å². The highest BCUT2D eigenvalue weighted by molar-refractivity contribution is 7.12. The van der Waals surface area contributed by atoms with Crippen molar-refractivity contribution in [2.75, 3.05) is 12.3 Å². The molecule has 0 atom stereocenters. The van der Waals surface area contributed by atoms with Crippen molar-refractivity contribution in [3.63, 3.8) is 0 Å². The monoisotopic (exact) mass is 280 g/mol. The molecule has 1 heterocycles. The van der Waals surface area contributed by atoms with Gasteiger partial charge in [-0.1, -0.05) is 23.7 Å². The Morgan fingerprint density at radius 3 is 2.61 bits per heavy atom. The average molecular weight is 281 g/mol. The van der Waals surface area contributed by atoms with Crippen molar-refractivity contribution in [1.82, 2.24) is 5.32 Å². The average Bonchev–Trinajstić information content (AvgIpc) is 2.78. The summed E-state index contributed by atoms with van der Waals surface area (Å²) in [4.78, 5) is 12.3. The van der Waals surface area contributed by atoms with Crippen LogP contribution in [0, 0.1) is 0 Å². The molecule has 0 spiro atoms. The fourth-order valence-corrected chi connectivity index (χ4v) is 2.60. The third kappa shape index (κ3) is 3.24. The Morgan fingerprint density at radius 2 is 2.00 bits per heavy atom. The van der Waals surface area contributed by atoms with Crippen LogP contribution in [0.2, 0.25) is 5.02 Å². The minimum Gasteiger partial charge on any atom is -0.399 e. The van der Waals surface area contributed by atoms with Crippen LogP contribution in [-0.4, -0.2) is 12.5 Å². The summed E-state index contributed by atoms with van der Waals surface area (Å²) in [5, 5.41) is 5.15. The summed E-state index contributed by atoms with van der Waals surface area (Å²) in [6.45, 7) is 0.580. The zero-order chi connectivity index (χ0) is 13.0. The Bertz CT molecular complexity index is 536. The van der Waals surface area contributed by atoms with Crippen LogP contribution in [0.1, 0.15) is 15.2 Å². The third-order valence-electron chi connectivity index (χ3n) is 2.50. The Labute approximate surface area is 115 Å². The molecule has 0 aliphatic carbocycles. The zero-order valence-electron chi connectivity index (χ0n) is 9.65. The molecule has 2 rings (SSSR count). The number of carbonyl (C=O) groups excluding carboxylic acids is 1. The second-order valence-electron chi connectivity index (χ2n) is 3.85. The maximum absolute atomic E-state index is 11.8. The van der Waals surface area contributed by atoms with Gasteiger partial charge < -0.3 is 11.1 Å². The van der Waals surface area contributed by atoms with Crippen molar-refractivity contribution >= 4 is 34.5 Å². The lowest BCUT2D eigenvalue weighted by atomic mass is 10.1. The second-order valence-corrected chi connectivity index (χ2v) is 5.17. The van der Waals surface area contributed by atoms with Crippen LogP contribution >= 0.6 is 22.9 Å². The predicted octanol–water partition coefficient (Wildman–Crippen LogP) is 2.96. The summed E-state index contributed by atoms with van der Waals surface area (Å²) in [7, 11) is 0. The number of nitrogen functional groups attached to an aromatic ring is 1. The van der Waals surface area contributed by atoms with Crippen LogP contribution in [0.4, 0.5) is 5.69 Å². The van der Waals surface area contributed by atoms with E-state index in [9.17, 15) is 4.79 Å². The molecule has 0 radical (unpaired) electrons. The summed E-state index contributed by atoms with van der Waals surface area (Å²) >= 11 is 7.23. The normalized spacial score (nSPS) is 10.3. The Morgan fingerprint density at radius 1 is 1.28 bits per heavy atom. The quantitative estimate of drug-likeness (QED) is 0.846. The van der Waals surface area contributed by atoms with Crippen molar-refractivity contribution in [3.8, 4) is 0 Å². The molecule has 18 heavy (non-hydrogen) atoms. The molecule has 0 aliphatic rings. The minimum atomic E-state index is -0.120. The summed E-state index contributed by atoms with van der Waals surface area (Å²) in [6, 6.07) is 9.35. The molecule has 0 saturated carbocycles. The number of nitrogens with two attached hydrogens (primary N) is 1. The summed E-state index contributed by atoms with van der Waals surface area (Å²) in [5.74, 6) is -0.120. The molecule has 5 heteroatoms. The van der Waals surface area contributed by atoms with Gasteiger partial charge in [-0.3, -0.25) is 4.79 Å². The molecular formula is C13H13ClN2OS. The smallest absolute Gasteiger partial charge is 0.262 e. The van der Waals surface area contributed by atoms with Crippen molar-refractivity contribution in [2.45, 2.75) is 6.42 Å². The van der Waals surface area contributed by atoms with E-state index in [0.29, 0.717) is 16.4 Å². The second kappa shape index (κ2) is 5.89. The van der Waals surface area contributed by atoms with E-state index in [2.05, 4.69) is 5.32 Å². The van der Waals surface area contributed by atoms with Crippen molar-refractivity contribution in [3.05, 3.63) is 51.2 Å². The van der Waals surface area contributed by atoms with E-state index in [0.717, 1.165) is 17.7 Å². The first kappa shape index (κ1) is 12.9. The van der Waals surface area contributed by atoms with Crippen molar-refractivity contribution in [1.29, 1.82) is 0 Å². The SMILES string of the molecule is Nc1ccc(CCNC(=O)c2sccc2Cl)cc1. The summed E-state index contributed by atoms with van der Waals surface area (Å²) < 4.78 is 0. The highest BCUT2D eigenvalue weighted by atomic mass is 35.5. The van der Waals surface area contributed by atoms with Gasteiger partial charge in [0.2, 0.25) is 0 Å². The van der Waals surface area contributed by atoms with Crippen molar-refractivity contribution in [2.24, 2.45) is 0 Å². The molecule has 94 valence electrons. The lowest BCUT2D eigenvalue weighted by Crippen LogP contribution is -2.25. The number of nitrogens with one attached hydrogen (secondary N) is 1. The van der Waals surface area contributed by atoms with Gasteiger partial charge in [-0.2, -0.15) is 0 Å². The molecule has 0 unspecified atom stereocenters. The third-order valence-corrected chi connectivity index (χ3v) is 3.84. The molecule has 1 aromatic heterocycles. The molecule has 3 nitrogen and oxygen atoms in total. The number of carbonyl (C=O) groups is 1. The number of hydrogen-bond acceptors (Lipinski definition) is 3. The van der Waals surface area contributed by atoms with Crippen LogP contribution in [-0.2, 0) is 6.42 Å². The van der Waals surface area contributed by atoms with Gasteiger partial charge in [0.1, 0.15) is 4.88 Å². The number of amides is 1. The van der Waals surface area contributed by atoms with Crippen LogP contribution in [0.3, 0.4) is 0 Å². The first-order valence-electron chi connectivity index (χ1n) is 5.52. The summed E-state index contributed by atoms with van der Waals surface area (Å²) in [6.07, 6.45) is 0.773. The lowest BCUT2D eigenvalue weighted by molar-refractivity contribution is 0.0958.